The largest absolute Gasteiger partial charge is 0.383 e. The molecule has 0 unspecified atom stereocenters. The average molecular weight is 233 g/mol. The van der Waals surface area contributed by atoms with Gasteiger partial charge in [-0.25, -0.2) is 4.98 Å². The number of nitrogens with two attached hydrogens (primary N) is 1. The molecule has 2 aromatic rings. The molecule has 2 rings (SSSR count). The van der Waals surface area contributed by atoms with Gasteiger partial charge >= 0.3 is 0 Å². The van der Waals surface area contributed by atoms with Crippen LogP contribution in [0, 0.1) is 13.8 Å². The smallest absolute Gasteiger partial charge is 0.131 e. The van der Waals surface area contributed by atoms with Gasteiger partial charge in [0, 0.05) is 24.8 Å². The molecule has 2 N–H and O–H groups in total. The van der Waals surface area contributed by atoms with Crippen LogP contribution in [0.3, 0.4) is 0 Å². The molecule has 2 aromatic heterocycles. The first-order valence-electron chi connectivity index (χ1n) is 5.87. The molecule has 92 valence electrons. The topological polar surface area (TPSA) is 61.7 Å². The molecule has 0 bridgehead atoms. The van der Waals surface area contributed by atoms with Gasteiger partial charge in [0.25, 0.3) is 0 Å². The Bertz CT molecular complexity index is 535. The summed E-state index contributed by atoms with van der Waals surface area (Å²) in [6.07, 6.45) is 2.87. The molecule has 0 aliphatic carbocycles. The number of rotatable bonds is 3. The molecule has 0 aliphatic rings. The Labute approximate surface area is 101 Å². The molecule has 0 aromatic carbocycles. The molecule has 0 spiro atoms. The maximum atomic E-state index is 6.16. The third kappa shape index (κ3) is 1.81. The van der Waals surface area contributed by atoms with Crippen molar-refractivity contribution in [1.29, 1.82) is 0 Å². The molecule has 5 nitrogen and oxygen atoms in total. The van der Waals surface area contributed by atoms with E-state index >= 15 is 0 Å². The summed E-state index contributed by atoms with van der Waals surface area (Å²) in [4.78, 5) is 4.56. The quantitative estimate of drug-likeness (QED) is 0.880. The number of imidazole rings is 1. The van der Waals surface area contributed by atoms with Gasteiger partial charge in [-0.05, 0) is 20.3 Å². The Morgan fingerprint density at radius 3 is 2.59 bits per heavy atom. The van der Waals surface area contributed by atoms with Crippen LogP contribution in [0.15, 0.2) is 6.20 Å². The summed E-state index contributed by atoms with van der Waals surface area (Å²) in [7, 11) is 1.92. The van der Waals surface area contributed by atoms with Gasteiger partial charge in [0.1, 0.15) is 17.3 Å². The average Bonchev–Trinajstić information content (AvgIpc) is 2.75. The number of anilines is 1. The second-order valence-corrected chi connectivity index (χ2v) is 4.31. The predicted octanol–water partition coefficient (Wildman–Crippen LogP) is 1.89. The summed E-state index contributed by atoms with van der Waals surface area (Å²) in [5, 5.41) is 4.23. The van der Waals surface area contributed by atoms with E-state index in [1.54, 1.807) is 0 Å². The van der Waals surface area contributed by atoms with E-state index < -0.39 is 0 Å². The van der Waals surface area contributed by atoms with E-state index in [9.17, 15) is 0 Å². The lowest BCUT2D eigenvalue weighted by molar-refractivity contribution is 0.665. The highest BCUT2D eigenvalue weighted by Crippen LogP contribution is 2.28. The second kappa shape index (κ2) is 4.24. The third-order valence-corrected chi connectivity index (χ3v) is 3.14. The van der Waals surface area contributed by atoms with Crippen molar-refractivity contribution in [2.24, 2.45) is 7.05 Å². The predicted molar refractivity (Wildman–Crippen MR) is 68.6 cm³/mol. The van der Waals surface area contributed by atoms with Gasteiger partial charge in [-0.3, -0.25) is 4.68 Å². The van der Waals surface area contributed by atoms with Crippen LogP contribution >= 0.6 is 0 Å². The summed E-state index contributed by atoms with van der Waals surface area (Å²) in [6.45, 7) is 7.05. The molecule has 0 fully saturated rings. The Morgan fingerprint density at radius 1 is 1.35 bits per heavy atom. The Kier molecular flexibility index (Phi) is 2.92. The van der Waals surface area contributed by atoms with E-state index in [2.05, 4.69) is 21.6 Å². The zero-order valence-electron chi connectivity index (χ0n) is 10.9. The third-order valence-electron chi connectivity index (χ3n) is 3.14. The fourth-order valence-corrected chi connectivity index (χ4v) is 2.02. The first kappa shape index (κ1) is 11.7. The van der Waals surface area contributed by atoms with Crippen LogP contribution in [0.5, 0.6) is 0 Å². The molecule has 0 aliphatic heterocycles. The van der Waals surface area contributed by atoms with E-state index in [1.165, 1.54) is 0 Å². The van der Waals surface area contributed by atoms with Crippen LogP contribution < -0.4 is 5.73 Å². The summed E-state index contributed by atoms with van der Waals surface area (Å²) < 4.78 is 3.89. The molecule has 0 radical (unpaired) electrons. The maximum absolute atomic E-state index is 6.16. The molecular formula is C12H19N5. The lowest BCUT2D eigenvalue weighted by Gasteiger charge is -2.05. The fraction of sp³-hybridized carbons (Fsp3) is 0.500. The summed E-state index contributed by atoms with van der Waals surface area (Å²) in [5.74, 6) is 1.70. The van der Waals surface area contributed by atoms with Gasteiger partial charge in [0.2, 0.25) is 0 Å². The van der Waals surface area contributed by atoms with Crippen LogP contribution in [-0.2, 0) is 13.6 Å². The summed E-state index contributed by atoms with van der Waals surface area (Å²) >= 11 is 0. The Morgan fingerprint density at radius 2 is 2.06 bits per heavy atom. The van der Waals surface area contributed by atoms with Crippen LogP contribution in [0.2, 0.25) is 0 Å². The maximum Gasteiger partial charge on any atom is 0.131 e. The molecule has 0 amide bonds. The normalized spacial score (nSPS) is 11.1. The minimum absolute atomic E-state index is 0.737. The van der Waals surface area contributed by atoms with E-state index in [0.29, 0.717) is 0 Å². The molecular weight excluding hydrogens is 214 g/mol. The monoisotopic (exact) mass is 233 g/mol. The van der Waals surface area contributed by atoms with Crippen molar-refractivity contribution in [1.82, 2.24) is 19.3 Å². The number of nitrogens with zero attached hydrogens (tertiary/aromatic N) is 4. The highest BCUT2D eigenvalue weighted by molar-refractivity contribution is 5.72. The van der Waals surface area contributed by atoms with E-state index in [1.807, 2.05) is 31.8 Å². The van der Waals surface area contributed by atoms with Crippen molar-refractivity contribution in [2.75, 3.05) is 5.73 Å². The molecule has 17 heavy (non-hydrogen) atoms. The summed E-state index contributed by atoms with van der Waals surface area (Å²) in [5.41, 5.74) is 9.11. The number of nitrogen functional groups attached to an aromatic ring is 1. The first-order chi connectivity index (χ1) is 8.06. The van der Waals surface area contributed by atoms with Gasteiger partial charge in [0.05, 0.1) is 6.20 Å². The lowest BCUT2D eigenvalue weighted by atomic mass is 10.2. The van der Waals surface area contributed by atoms with Crippen molar-refractivity contribution in [3.05, 3.63) is 17.7 Å². The zero-order chi connectivity index (χ0) is 12.6. The van der Waals surface area contributed by atoms with Crippen molar-refractivity contribution in [2.45, 2.75) is 33.7 Å². The number of aromatic nitrogens is 4. The van der Waals surface area contributed by atoms with E-state index in [4.69, 9.17) is 5.73 Å². The van der Waals surface area contributed by atoms with Crippen molar-refractivity contribution in [3.63, 3.8) is 0 Å². The minimum Gasteiger partial charge on any atom is -0.383 e. The summed E-state index contributed by atoms with van der Waals surface area (Å²) in [6, 6.07) is 0. The molecule has 0 saturated carbocycles. The van der Waals surface area contributed by atoms with Crippen LogP contribution in [-0.4, -0.2) is 19.3 Å². The number of aryl methyl sites for hydroxylation is 2. The SMILES string of the molecule is CCCn1c(C)nc(-c2cnn(C)c2C)c1N. The van der Waals surface area contributed by atoms with E-state index in [-0.39, 0.29) is 0 Å². The Hall–Kier alpha value is -1.78. The van der Waals surface area contributed by atoms with Crippen molar-refractivity contribution < 1.29 is 0 Å². The lowest BCUT2D eigenvalue weighted by Crippen LogP contribution is -2.04. The van der Waals surface area contributed by atoms with Crippen LogP contribution in [0.25, 0.3) is 11.3 Å². The molecule has 0 saturated heterocycles. The van der Waals surface area contributed by atoms with Gasteiger partial charge in [-0.2, -0.15) is 5.10 Å². The van der Waals surface area contributed by atoms with Gasteiger partial charge in [-0.15, -0.1) is 0 Å². The number of hydrogen-bond donors (Lipinski definition) is 1. The minimum atomic E-state index is 0.737. The van der Waals surface area contributed by atoms with Crippen LogP contribution in [0.1, 0.15) is 24.9 Å². The first-order valence-corrected chi connectivity index (χ1v) is 5.87. The second-order valence-electron chi connectivity index (χ2n) is 4.31. The number of hydrogen-bond acceptors (Lipinski definition) is 3. The van der Waals surface area contributed by atoms with Crippen molar-refractivity contribution >= 4 is 5.82 Å². The Balaban J connectivity index is 2.53. The van der Waals surface area contributed by atoms with Gasteiger partial charge < -0.3 is 10.3 Å². The molecule has 5 heteroatoms. The fourth-order valence-electron chi connectivity index (χ4n) is 2.02. The zero-order valence-corrected chi connectivity index (χ0v) is 10.9. The highest BCUT2D eigenvalue weighted by atomic mass is 15.3. The molecule has 0 atom stereocenters. The van der Waals surface area contributed by atoms with E-state index in [0.717, 1.165) is 41.6 Å². The van der Waals surface area contributed by atoms with Gasteiger partial charge in [0.15, 0.2) is 0 Å². The standard InChI is InChI=1S/C12H19N5/c1-5-6-17-9(3)15-11(12(17)13)10-7-14-16(4)8(10)2/h7H,5-6,13H2,1-4H3. The van der Waals surface area contributed by atoms with Gasteiger partial charge in [-0.1, -0.05) is 6.92 Å². The van der Waals surface area contributed by atoms with Crippen molar-refractivity contribution in [3.8, 4) is 11.3 Å². The highest BCUT2D eigenvalue weighted by Gasteiger charge is 2.16. The van der Waals surface area contributed by atoms with Crippen LogP contribution in [0.4, 0.5) is 5.82 Å². The molecule has 2 heterocycles.